The van der Waals surface area contributed by atoms with E-state index in [1.54, 1.807) is 0 Å². The number of carbonyl (C=O) groups excluding carboxylic acids is 1. The van der Waals surface area contributed by atoms with E-state index in [2.05, 4.69) is 28.4 Å². The zero-order valence-electron chi connectivity index (χ0n) is 16.7. The Hall–Kier alpha value is -2.69. The summed E-state index contributed by atoms with van der Waals surface area (Å²) in [6.07, 6.45) is 0.176. The van der Waals surface area contributed by atoms with Gasteiger partial charge in [-0.25, -0.2) is 4.79 Å². The van der Waals surface area contributed by atoms with Gasteiger partial charge in [-0.2, -0.15) is 0 Å². The monoisotopic (exact) mass is 367 g/mol. The van der Waals surface area contributed by atoms with Gasteiger partial charge in [-0.15, -0.1) is 0 Å². The second-order valence-electron chi connectivity index (χ2n) is 7.38. The Labute approximate surface area is 161 Å². The van der Waals surface area contributed by atoms with Gasteiger partial charge in [-0.05, 0) is 69.2 Å². The molecule has 0 spiro atoms. The third-order valence-electron chi connectivity index (χ3n) is 4.78. The summed E-state index contributed by atoms with van der Waals surface area (Å²) in [6, 6.07) is 14.3. The van der Waals surface area contributed by atoms with Crippen LogP contribution in [0.15, 0.2) is 42.5 Å². The quantitative estimate of drug-likeness (QED) is 0.869. The third kappa shape index (κ3) is 4.94. The molecule has 1 fully saturated rings. The zero-order valence-corrected chi connectivity index (χ0v) is 16.7. The molecule has 144 valence electrons. The Kier molecular flexibility index (Phi) is 5.89. The van der Waals surface area contributed by atoms with Gasteiger partial charge in [0.15, 0.2) is 0 Å². The van der Waals surface area contributed by atoms with Crippen molar-refractivity contribution in [3.05, 3.63) is 53.6 Å². The summed E-state index contributed by atoms with van der Waals surface area (Å²) in [5.41, 5.74) is 4.28. The number of hydrogen-bond donors (Lipinski definition) is 1. The number of carbonyl (C=O) groups is 1. The first-order valence-electron chi connectivity index (χ1n) is 9.57. The molecule has 0 unspecified atom stereocenters. The maximum absolute atomic E-state index is 12.6. The first-order chi connectivity index (χ1) is 12.9. The molecule has 27 heavy (non-hydrogen) atoms. The van der Waals surface area contributed by atoms with Crippen LogP contribution < -0.4 is 15.0 Å². The van der Waals surface area contributed by atoms with Crippen molar-refractivity contribution >= 4 is 17.4 Å². The van der Waals surface area contributed by atoms with Crippen molar-refractivity contribution in [2.24, 2.45) is 0 Å². The van der Waals surface area contributed by atoms with Crippen LogP contribution in [0.25, 0.3) is 0 Å². The third-order valence-corrected chi connectivity index (χ3v) is 4.78. The van der Waals surface area contributed by atoms with Crippen LogP contribution in [0.2, 0.25) is 0 Å². The minimum absolute atomic E-state index is 0.0240. The van der Waals surface area contributed by atoms with Crippen molar-refractivity contribution in [1.82, 2.24) is 4.90 Å². The second kappa shape index (κ2) is 8.33. The average Bonchev–Trinajstić information content (AvgIpc) is 2.65. The number of urea groups is 1. The van der Waals surface area contributed by atoms with E-state index in [-0.39, 0.29) is 12.1 Å². The number of anilines is 2. The lowest BCUT2D eigenvalue weighted by atomic mass is 10.1. The van der Waals surface area contributed by atoms with Crippen LogP contribution in [0, 0.1) is 13.8 Å². The summed E-state index contributed by atoms with van der Waals surface area (Å²) in [5.74, 6) is 0.889. The number of rotatable bonds is 4. The van der Waals surface area contributed by atoms with Gasteiger partial charge in [0.05, 0.1) is 6.10 Å². The SMILES string of the molecule is Cc1ccc(C)c(NC(=O)N2CCN(c3ccc(OC(C)C)cc3)CC2)c1. The second-order valence-corrected chi connectivity index (χ2v) is 7.38. The van der Waals surface area contributed by atoms with E-state index in [0.29, 0.717) is 13.1 Å². The molecule has 1 heterocycles. The van der Waals surface area contributed by atoms with E-state index < -0.39 is 0 Å². The highest BCUT2D eigenvalue weighted by Gasteiger charge is 2.21. The number of ether oxygens (including phenoxy) is 1. The fourth-order valence-electron chi connectivity index (χ4n) is 3.24. The van der Waals surface area contributed by atoms with E-state index in [9.17, 15) is 4.79 Å². The summed E-state index contributed by atoms with van der Waals surface area (Å²) in [6.45, 7) is 11.2. The largest absolute Gasteiger partial charge is 0.491 e. The zero-order chi connectivity index (χ0) is 19.4. The van der Waals surface area contributed by atoms with Gasteiger partial charge in [0.25, 0.3) is 0 Å². The number of aryl methyl sites for hydroxylation is 2. The summed E-state index contributed by atoms with van der Waals surface area (Å²) in [4.78, 5) is 16.8. The smallest absolute Gasteiger partial charge is 0.321 e. The van der Waals surface area contributed by atoms with E-state index in [0.717, 1.165) is 35.7 Å². The minimum Gasteiger partial charge on any atom is -0.491 e. The molecule has 1 N–H and O–H groups in total. The van der Waals surface area contributed by atoms with Crippen LogP contribution in [0.5, 0.6) is 5.75 Å². The van der Waals surface area contributed by atoms with Crippen LogP contribution in [0.3, 0.4) is 0 Å². The Morgan fingerprint density at radius 1 is 1.00 bits per heavy atom. The maximum Gasteiger partial charge on any atom is 0.321 e. The van der Waals surface area contributed by atoms with Crippen LogP contribution in [-0.4, -0.2) is 43.2 Å². The van der Waals surface area contributed by atoms with E-state index in [1.807, 2.05) is 56.9 Å². The molecule has 2 aromatic carbocycles. The number of hydrogen-bond acceptors (Lipinski definition) is 3. The Morgan fingerprint density at radius 2 is 1.67 bits per heavy atom. The van der Waals surface area contributed by atoms with E-state index >= 15 is 0 Å². The molecular formula is C22H29N3O2. The predicted molar refractivity (Wildman–Crippen MR) is 111 cm³/mol. The van der Waals surface area contributed by atoms with Crippen molar-refractivity contribution in [2.75, 3.05) is 36.4 Å². The maximum atomic E-state index is 12.6. The summed E-state index contributed by atoms with van der Waals surface area (Å²) < 4.78 is 5.70. The molecule has 5 nitrogen and oxygen atoms in total. The lowest BCUT2D eigenvalue weighted by Crippen LogP contribution is -2.50. The van der Waals surface area contributed by atoms with Crippen LogP contribution in [0.1, 0.15) is 25.0 Å². The van der Waals surface area contributed by atoms with Gasteiger partial charge < -0.3 is 19.9 Å². The number of amides is 2. The highest BCUT2D eigenvalue weighted by atomic mass is 16.5. The molecule has 1 aliphatic heterocycles. The normalized spacial score (nSPS) is 14.4. The highest BCUT2D eigenvalue weighted by molar-refractivity contribution is 5.90. The van der Waals surface area contributed by atoms with Crippen molar-refractivity contribution in [3.8, 4) is 5.75 Å². The number of nitrogens with one attached hydrogen (secondary N) is 1. The van der Waals surface area contributed by atoms with Gasteiger partial charge >= 0.3 is 6.03 Å². The van der Waals surface area contributed by atoms with Gasteiger partial charge in [0, 0.05) is 37.6 Å². The standard InChI is InChI=1S/C22H29N3O2/c1-16(2)27-20-9-7-19(8-10-20)24-11-13-25(14-12-24)22(26)23-21-15-17(3)5-6-18(21)4/h5-10,15-16H,11-14H2,1-4H3,(H,23,26). The average molecular weight is 367 g/mol. The van der Waals surface area contributed by atoms with Crippen LogP contribution in [-0.2, 0) is 0 Å². The Bertz CT molecular complexity index is 779. The first-order valence-corrected chi connectivity index (χ1v) is 9.57. The fourth-order valence-corrected chi connectivity index (χ4v) is 3.24. The van der Waals surface area contributed by atoms with Crippen molar-refractivity contribution in [2.45, 2.75) is 33.8 Å². The topological polar surface area (TPSA) is 44.8 Å². The molecule has 0 aromatic heterocycles. The molecule has 0 radical (unpaired) electrons. The van der Waals surface area contributed by atoms with E-state index in [4.69, 9.17) is 4.74 Å². The lowest BCUT2D eigenvalue weighted by Gasteiger charge is -2.36. The van der Waals surface area contributed by atoms with Crippen molar-refractivity contribution < 1.29 is 9.53 Å². The Morgan fingerprint density at radius 3 is 2.30 bits per heavy atom. The molecule has 1 saturated heterocycles. The van der Waals surface area contributed by atoms with Crippen molar-refractivity contribution in [1.29, 1.82) is 0 Å². The molecule has 5 heteroatoms. The van der Waals surface area contributed by atoms with Gasteiger partial charge in [-0.3, -0.25) is 0 Å². The molecule has 2 amide bonds. The molecular weight excluding hydrogens is 338 g/mol. The molecule has 3 rings (SSSR count). The summed E-state index contributed by atoms with van der Waals surface area (Å²) in [7, 11) is 0. The van der Waals surface area contributed by atoms with Crippen molar-refractivity contribution in [3.63, 3.8) is 0 Å². The van der Waals surface area contributed by atoms with Gasteiger partial charge in [0.2, 0.25) is 0 Å². The fraction of sp³-hybridized carbons (Fsp3) is 0.409. The highest BCUT2D eigenvalue weighted by Crippen LogP contribution is 2.22. The summed E-state index contributed by atoms with van der Waals surface area (Å²) >= 11 is 0. The molecule has 0 atom stereocenters. The summed E-state index contributed by atoms with van der Waals surface area (Å²) in [5, 5.41) is 3.05. The minimum atomic E-state index is -0.0240. The van der Waals surface area contributed by atoms with E-state index in [1.165, 1.54) is 5.69 Å². The molecule has 2 aromatic rings. The van der Waals surface area contributed by atoms with Gasteiger partial charge in [0.1, 0.15) is 5.75 Å². The number of benzene rings is 2. The number of piperazine rings is 1. The van der Waals surface area contributed by atoms with Gasteiger partial charge in [-0.1, -0.05) is 12.1 Å². The first kappa shape index (κ1) is 19.1. The Balaban J connectivity index is 1.55. The predicted octanol–water partition coefficient (Wildman–Crippen LogP) is 4.44. The molecule has 0 bridgehead atoms. The molecule has 1 aliphatic rings. The molecule has 0 aliphatic carbocycles. The van der Waals surface area contributed by atoms with Crippen LogP contribution in [0.4, 0.5) is 16.2 Å². The molecule has 0 saturated carbocycles. The number of nitrogens with zero attached hydrogens (tertiary/aromatic N) is 2. The van der Waals surface area contributed by atoms with Crippen LogP contribution >= 0.6 is 0 Å². The lowest BCUT2D eigenvalue weighted by molar-refractivity contribution is 0.208.